The summed E-state index contributed by atoms with van der Waals surface area (Å²) in [7, 11) is -3.75. The number of para-hydroxylation sites is 1. The zero-order valence-corrected chi connectivity index (χ0v) is 14.6. The molecule has 0 bridgehead atoms. The lowest BCUT2D eigenvalue weighted by Gasteiger charge is -2.16. The van der Waals surface area contributed by atoms with Gasteiger partial charge >= 0.3 is 0 Å². The third-order valence-electron chi connectivity index (χ3n) is 3.80. The van der Waals surface area contributed by atoms with E-state index in [1.165, 1.54) is 23.1 Å². The smallest absolute Gasteiger partial charge is 0.253 e. The average molecular weight is 372 g/mol. The van der Waals surface area contributed by atoms with Crippen LogP contribution in [0.1, 0.15) is 28.9 Å². The molecular weight excluding hydrogens is 356 g/mol. The van der Waals surface area contributed by atoms with E-state index in [0.717, 1.165) is 5.56 Å². The van der Waals surface area contributed by atoms with Crippen molar-refractivity contribution in [1.29, 1.82) is 0 Å². The zero-order chi connectivity index (χ0) is 18.7. The van der Waals surface area contributed by atoms with Gasteiger partial charge in [-0.1, -0.05) is 24.3 Å². The number of rotatable bonds is 5. The molecule has 9 nitrogen and oxygen atoms in total. The van der Waals surface area contributed by atoms with E-state index in [4.69, 9.17) is 5.14 Å². The van der Waals surface area contributed by atoms with Gasteiger partial charge < -0.3 is 5.32 Å². The fourth-order valence-corrected chi connectivity index (χ4v) is 2.96. The number of hydrogen-bond acceptors (Lipinski definition) is 6. The van der Waals surface area contributed by atoms with Gasteiger partial charge in [0.2, 0.25) is 10.0 Å². The highest BCUT2D eigenvalue weighted by Gasteiger charge is 2.17. The highest BCUT2D eigenvalue weighted by Crippen LogP contribution is 2.18. The van der Waals surface area contributed by atoms with Gasteiger partial charge in [-0.15, -0.1) is 5.10 Å². The predicted molar refractivity (Wildman–Crippen MR) is 92.9 cm³/mol. The van der Waals surface area contributed by atoms with Crippen LogP contribution in [0.2, 0.25) is 0 Å². The number of amides is 1. The van der Waals surface area contributed by atoms with Crippen LogP contribution in [0.15, 0.2) is 59.8 Å². The molecule has 1 atom stereocenters. The monoisotopic (exact) mass is 372 g/mol. The quantitative estimate of drug-likeness (QED) is 0.681. The fourth-order valence-electron chi connectivity index (χ4n) is 2.44. The first-order valence-electron chi connectivity index (χ1n) is 7.62. The van der Waals surface area contributed by atoms with Crippen molar-refractivity contribution in [3.63, 3.8) is 0 Å². The van der Waals surface area contributed by atoms with Crippen LogP contribution in [0.3, 0.4) is 0 Å². The van der Waals surface area contributed by atoms with Crippen molar-refractivity contribution < 1.29 is 13.2 Å². The molecule has 3 rings (SSSR count). The molecule has 26 heavy (non-hydrogen) atoms. The molecule has 134 valence electrons. The van der Waals surface area contributed by atoms with Crippen molar-refractivity contribution in [3.05, 3.63) is 66.0 Å². The molecule has 0 aliphatic rings. The van der Waals surface area contributed by atoms with Crippen LogP contribution >= 0.6 is 0 Å². The Morgan fingerprint density at radius 2 is 1.85 bits per heavy atom. The molecule has 0 saturated heterocycles. The van der Waals surface area contributed by atoms with Crippen molar-refractivity contribution in [2.75, 3.05) is 0 Å². The molecule has 2 aromatic carbocycles. The first kappa shape index (κ1) is 17.7. The maximum absolute atomic E-state index is 12.7. The maximum atomic E-state index is 12.7. The Balaban J connectivity index is 1.80. The van der Waals surface area contributed by atoms with Crippen LogP contribution in [-0.4, -0.2) is 34.5 Å². The summed E-state index contributed by atoms with van der Waals surface area (Å²) in [5, 5.41) is 18.9. The Hall–Kier alpha value is -3.11. The maximum Gasteiger partial charge on any atom is 0.253 e. The number of nitrogens with zero attached hydrogens (tertiary/aromatic N) is 4. The van der Waals surface area contributed by atoms with Gasteiger partial charge in [-0.3, -0.25) is 4.79 Å². The molecule has 1 heterocycles. The van der Waals surface area contributed by atoms with Gasteiger partial charge in [0.05, 0.1) is 22.2 Å². The van der Waals surface area contributed by atoms with E-state index in [0.29, 0.717) is 11.3 Å². The van der Waals surface area contributed by atoms with Crippen molar-refractivity contribution in [2.45, 2.75) is 17.9 Å². The second-order valence-corrected chi connectivity index (χ2v) is 7.14. The Labute approximate surface area is 149 Å². The van der Waals surface area contributed by atoms with E-state index in [1.807, 2.05) is 0 Å². The van der Waals surface area contributed by atoms with Crippen molar-refractivity contribution >= 4 is 15.9 Å². The minimum absolute atomic E-state index is 0.0174. The molecule has 3 N–H and O–H groups in total. The van der Waals surface area contributed by atoms with Crippen LogP contribution in [0, 0.1) is 0 Å². The summed E-state index contributed by atoms with van der Waals surface area (Å²) >= 11 is 0. The molecule has 0 radical (unpaired) electrons. The molecule has 1 amide bonds. The Kier molecular flexibility index (Phi) is 4.78. The molecule has 0 saturated carbocycles. The summed E-state index contributed by atoms with van der Waals surface area (Å²) in [5.41, 5.74) is 1.70. The third-order valence-corrected chi connectivity index (χ3v) is 4.73. The van der Waals surface area contributed by atoms with E-state index < -0.39 is 10.0 Å². The van der Waals surface area contributed by atoms with Gasteiger partial charge in [-0.25, -0.2) is 13.6 Å². The minimum atomic E-state index is -3.75. The minimum Gasteiger partial charge on any atom is -0.345 e. The topological polar surface area (TPSA) is 133 Å². The summed E-state index contributed by atoms with van der Waals surface area (Å²) in [6.45, 7) is 1.80. The Bertz CT molecular complexity index is 1020. The number of aromatic nitrogens is 4. The summed E-state index contributed by atoms with van der Waals surface area (Å²) in [4.78, 5) is 12.7. The molecule has 1 unspecified atom stereocenters. The molecule has 0 spiro atoms. The van der Waals surface area contributed by atoms with E-state index in [1.54, 1.807) is 43.3 Å². The first-order valence-corrected chi connectivity index (χ1v) is 9.17. The highest BCUT2D eigenvalue weighted by molar-refractivity contribution is 7.89. The van der Waals surface area contributed by atoms with Crippen LogP contribution in [-0.2, 0) is 10.0 Å². The summed E-state index contributed by atoms with van der Waals surface area (Å²) < 4.78 is 24.0. The van der Waals surface area contributed by atoms with Gasteiger partial charge in [0.25, 0.3) is 5.91 Å². The van der Waals surface area contributed by atoms with Gasteiger partial charge in [-0.2, -0.15) is 4.68 Å². The van der Waals surface area contributed by atoms with Gasteiger partial charge in [0.15, 0.2) is 0 Å². The van der Waals surface area contributed by atoms with Crippen LogP contribution in [0.25, 0.3) is 5.69 Å². The van der Waals surface area contributed by atoms with Gasteiger partial charge in [0.1, 0.15) is 6.33 Å². The Morgan fingerprint density at radius 3 is 2.46 bits per heavy atom. The second kappa shape index (κ2) is 7.02. The number of carbonyl (C=O) groups is 1. The summed E-state index contributed by atoms with van der Waals surface area (Å²) in [6.07, 6.45) is 1.40. The summed E-state index contributed by atoms with van der Waals surface area (Å²) in [5.74, 6) is -0.306. The number of tetrazole rings is 1. The molecule has 0 fully saturated rings. The number of primary sulfonamides is 1. The second-order valence-electron chi connectivity index (χ2n) is 5.58. The fraction of sp³-hybridized carbons (Fsp3) is 0.125. The van der Waals surface area contributed by atoms with Crippen LogP contribution in [0.5, 0.6) is 0 Å². The number of sulfonamides is 1. The largest absolute Gasteiger partial charge is 0.345 e. The van der Waals surface area contributed by atoms with E-state index in [-0.39, 0.29) is 16.8 Å². The number of nitrogens with two attached hydrogens (primary N) is 1. The molecule has 3 aromatic rings. The van der Waals surface area contributed by atoms with Crippen molar-refractivity contribution in [3.8, 4) is 5.69 Å². The Morgan fingerprint density at radius 1 is 1.15 bits per heavy atom. The van der Waals surface area contributed by atoms with Crippen LogP contribution < -0.4 is 10.5 Å². The van der Waals surface area contributed by atoms with E-state index in [9.17, 15) is 13.2 Å². The normalized spacial score (nSPS) is 12.5. The number of hydrogen-bond donors (Lipinski definition) is 2. The molecule has 0 aliphatic carbocycles. The predicted octanol–water partition coefficient (Wildman–Crippen LogP) is 0.801. The zero-order valence-electron chi connectivity index (χ0n) is 13.8. The van der Waals surface area contributed by atoms with Gasteiger partial charge in [0, 0.05) is 0 Å². The lowest BCUT2D eigenvalue weighted by Crippen LogP contribution is -2.27. The van der Waals surface area contributed by atoms with Crippen molar-refractivity contribution in [1.82, 2.24) is 25.5 Å². The van der Waals surface area contributed by atoms with Crippen molar-refractivity contribution in [2.24, 2.45) is 5.14 Å². The lowest BCUT2D eigenvalue weighted by molar-refractivity contribution is 0.0939. The highest BCUT2D eigenvalue weighted by atomic mass is 32.2. The third kappa shape index (κ3) is 3.76. The van der Waals surface area contributed by atoms with E-state index >= 15 is 0 Å². The number of benzene rings is 2. The first-order chi connectivity index (χ1) is 12.4. The number of carbonyl (C=O) groups excluding carboxylic acids is 1. The lowest BCUT2D eigenvalue weighted by atomic mass is 10.1. The van der Waals surface area contributed by atoms with Gasteiger partial charge in [-0.05, 0) is 47.2 Å². The van der Waals surface area contributed by atoms with Crippen LogP contribution in [0.4, 0.5) is 0 Å². The molecule has 10 heteroatoms. The SMILES string of the molecule is CC(NC(=O)c1ccccc1-n1cnnn1)c1ccc(S(N)(=O)=O)cc1. The summed E-state index contributed by atoms with van der Waals surface area (Å²) in [6, 6.07) is 12.6. The standard InChI is InChI=1S/C16H16N6O3S/c1-11(12-6-8-13(9-7-12)26(17,24)25)19-16(23)14-4-2-3-5-15(14)22-10-18-20-21-22/h2-11H,1H3,(H,19,23)(H2,17,24,25). The number of nitrogens with one attached hydrogen (secondary N) is 1. The molecule has 0 aliphatic heterocycles. The van der Waals surface area contributed by atoms with E-state index in [2.05, 4.69) is 20.8 Å². The molecular formula is C16H16N6O3S. The average Bonchev–Trinajstić information content (AvgIpc) is 3.15. The molecule has 1 aromatic heterocycles.